The first-order valence-electron chi connectivity index (χ1n) is 13.1. The maximum absolute atomic E-state index is 13.4. The number of ether oxygens (including phenoxy) is 3. The molecule has 0 saturated carbocycles. The molecule has 0 radical (unpaired) electrons. The molecule has 1 N–H and O–H groups in total. The van der Waals surface area contributed by atoms with Crippen LogP contribution in [0.15, 0.2) is 42.0 Å². The molecule has 2 aliphatic rings. The Morgan fingerprint density at radius 2 is 1.92 bits per heavy atom. The zero-order valence-corrected chi connectivity index (χ0v) is 23.1. The topological polar surface area (TPSA) is 88.5 Å². The number of methoxy groups -OCH3 is 1. The predicted octanol–water partition coefficient (Wildman–Crippen LogP) is 4.43. The van der Waals surface area contributed by atoms with Crippen LogP contribution in [-0.4, -0.2) is 73.6 Å². The molecule has 0 aromatic heterocycles. The van der Waals surface area contributed by atoms with Crippen molar-refractivity contribution in [1.29, 1.82) is 0 Å². The quantitative estimate of drug-likeness (QED) is 0.281. The van der Waals surface area contributed by atoms with E-state index in [1.807, 2.05) is 38.1 Å². The Morgan fingerprint density at radius 3 is 2.61 bits per heavy atom. The van der Waals surface area contributed by atoms with E-state index in [0.29, 0.717) is 54.7 Å². The fraction of sp³-hybridized carbons (Fsp3) is 0.467. The summed E-state index contributed by atoms with van der Waals surface area (Å²) in [5, 5.41) is 11.5. The van der Waals surface area contributed by atoms with E-state index in [0.717, 1.165) is 17.7 Å². The Morgan fingerprint density at radius 1 is 1.16 bits per heavy atom. The van der Waals surface area contributed by atoms with Gasteiger partial charge in [-0.3, -0.25) is 9.59 Å². The summed E-state index contributed by atoms with van der Waals surface area (Å²) in [6, 6.07) is 10.0. The van der Waals surface area contributed by atoms with Crippen LogP contribution in [-0.2, 0) is 16.0 Å². The van der Waals surface area contributed by atoms with E-state index in [1.165, 1.54) is 4.90 Å². The number of benzene rings is 2. The summed E-state index contributed by atoms with van der Waals surface area (Å²) >= 11 is 0. The molecular weight excluding hydrogens is 484 g/mol. The Bertz CT molecular complexity index is 1240. The summed E-state index contributed by atoms with van der Waals surface area (Å²) in [6.45, 7) is 7.69. The molecule has 2 atom stereocenters. The van der Waals surface area contributed by atoms with Crippen molar-refractivity contribution < 1.29 is 28.9 Å². The third-order valence-corrected chi connectivity index (χ3v) is 6.95. The van der Waals surface area contributed by atoms with Gasteiger partial charge in [-0.1, -0.05) is 19.9 Å². The van der Waals surface area contributed by atoms with Gasteiger partial charge in [0.25, 0.3) is 11.7 Å². The zero-order valence-electron chi connectivity index (χ0n) is 23.1. The van der Waals surface area contributed by atoms with Gasteiger partial charge in [0.15, 0.2) is 11.5 Å². The average molecular weight is 523 g/mol. The van der Waals surface area contributed by atoms with Gasteiger partial charge in [-0.25, -0.2) is 0 Å². The normalized spacial score (nSPS) is 20.3. The van der Waals surface area contributed by atoms with Crippen LogP contribution in [0.25, 0.3) is 5.76 Å². The number of aliphatic hydroxyl groups excluding tert-OH is 1. The van der Waals surface area contributed by atoms with Gasteiger partial charge in [-0.2, -0.15) is 0 Å². The van der Waals surface area contributed by atoms with Crippen LogP contribution in [0.5, 0.6) is 17.2 Å². The highest BCUT2D eigenvalue weighted by Crippen LogP contribution is 2.42. The number of amides is 1. The van der Waals surface area contributed by atoms with Crippen molar-refractivity contribution >= 4 is 17.4 Å². The summed E-state index contributed by atoms with van der Waals surface area (Å²) < 4.78 is 17.4. The Hall–Kier alpha value is -3.52. The maximum Gasteiger partial charge on any atom is 0.295 e. The van der Waals surface area contributed by atoms with Gasteiger partial charge in [-0.15, -0.1) is 0 Å². The number of hydrogen-bond acceptors (Lipinski definition) is 7. The van der Waals surface area contributed by atoms with E-state index in [2.05, 4.69) is 13.8 Å². The van der Waals surface area contributed by atoms with E-state index < -0.39 is 17.7 Å². The fourth-order valence-electron chi connectivity index (χ4n) is 4.87. The standard InChI is InChI=1S/C30H38N2O6/c1-18(2)11-14-37-24-10-7-20(17-25(24)36-6)27-26(29(34)30(35)32(27)13-12-31(4)5)28(33)21-8-9-23-22(16-21)15-19(3)38-23/h7-10,16-19,27,33H,11-15H2,1-6H3/t19-,27-/m0/s1. The lowest BCUT2D eigenvalue weighted by molar-refractivity contribution is -0.140. The summed E-state index contributed by atoms with van der Waals surface area (Å²) in [5.41, 5.74) is 2.18. The molecule has 1 saturated heterocycles. The maximum atomic E-state index is 13.4. The van der Waals surface area contributed by atoms with Crippen molar-refractivity contribution in [3.05, 3.63) is 58.7 Å². The van der Waals surface area contributed by atoms with Crippen LogP contribution in [0.4, 0.5) is 0 Å². The molecule has 0 unspecified atom stereocenters. The molecule has 204 valence electrons. The molecule has 4 rings (SSSR count). The van der Waals surface area contributed by atoms with Gasteiger partial charge in [0.1, 0.15) is 17.6 Å². The lowest BCUT2D eigenvalue weighted by Crippen LogP contribution is -2.35. The van der Waals surface area contributed by atoms with Gasteiger partial charge in [-0.05, 0) is 74.8 Å². The minimum atomic E-state index is -0.767. The number of ketones is 1. The van der Waals surface area contributed by atoms with Crippen LogP contribution >= 0.6 is 0 Å². The Labute approximate surface area is 224 Å². The average Bonchev–Trinajstić information content (AvgIpc) is 3.37. The summed E-state index contributed by atoms with van der Waals surface area (Å²) in [5.74, 6) is 0.850. The van der Waals surface area contributed by atoms with Crippen molar-refractivity contribution in [2.75, 3.05) is 40.9 Å². The molecule has 0 aliphatic carbocycles. The number of aliphatic hydroxyl groups is 1. The molecule has 1 amide bonds. The van der Waals surface area contributed by atoms with Gasteiger partial charge >= 0.3 is 0 Å². The second-order valence-corrected chi connectivity index (χ2v) is 10.7. The molecule has 2 aromatic rings. The van der Waals surface area contributed by atoms with Crippen molar-refractivity contribution in [2.24, 2.45) is 5.92 Å². The van der Waals surface area contributed by atoms with E-state index in [9.17, 15) is 14.7 Å². The number of fused-ring (bicyclic) bond motifs is 1. The van der Waals surface area contributed by atoms with Gasteiger partial charge in [0.05, 0.1) is 25.3 Å². The van der Waals surface area contributed by atoms with Crippen molar-refractivity contribution in [2.45, 2.75) is 45.8 Å². The summed E-state index contributed by atoms with van der Waals surface area (Å²) in [4.78, 5) is 30.1. The molecule has 8 nitrogen and oxygen atoms in total. The first-order valence-corrected chi connectivity index (χ1v) is 13.1. The number of carbonyl (C=O) groups is 2. The van der Waals surface area contributed by atoms with Crippen molar-refractivity contribution in [1.82, 2.24) is 9.80 Å². The highest BCUT2D eigenvalue weighted by atomic mass is 16.5. The van der Waals surface area contributed by atoms with Crippen LogP contribution in [0.1, 0.15) is 49.9 Å². The number of likely N-dealkylation sites (tertiary alicyclic amines) is 1. The molecule has 0 bridgehead atoms. The molecule has 2 aliphatic heterocycles. The molecule has 2 heterocycles. The first-order chi connectivity index (χ1) is 18.1. The summed E-state index contributed by atoms with van der Waals surface area (Å²) in [7, 11) is 5.38. The van der Waals surface area contributed by atoms with Crippen LogP contribution in [0, 0.1) is 5.92 Å². The molecule has 38 heavy (non-hydrogen) atoms. The van der Waals surface area contributed by atoms with E-state index >= 15 is 0 Å². The second-order valence-electron chi connectivity index (χ2n) is 10.7. The van der Waals surface area contributed by atoms with E-state index in [4.69, 9.17) is 14.2 Å². The largest absolute Gasteiger partial charge is 0.507 e. The molecule has 2 aromatic carbocycles. The molecule has 0 spiro atoms. The third-order valence-electron chi connectivity index (χ3n) is 6.95. The Balaban J connectivity index is 1.77. The van der Waals surface area contributed by atoms with Gasteiger partial charge in [0.2, 0.25) is 0 Å². The highest BCUT2D eigenvalue weighted by molar-refractivity contribution is 6.46. The van der Waals surface area contributed by atoms with E-state index in [1.54, 1.807) is 31.4 Å². The lowest BCUT2D eigenvalue weighted by atomic mass is 9.94. The number of likely N-dealkylation sites (N-methyl/N-ethyl adjacent to an activating group) is 1. The highest BCUT2D eigenvalue weighted by Gasteiger charge is 2.46. The second kappa shape index (κ2) is 11.5. The number of nitrogens with zero attached hydrogens (tertiary/aromatic N) is 2. The van der Waals surface area contributed by atoms with E-state index in [-0.39, 0.29) is 17.4 Å². The molecular formula is C30H38N2O6. The minimum absolute atomic E-state index is 0.0488. The lowest BCUT2D eigenvalue weighted by Gasteiger charge is -2.27. The van der Waals surface area contributed by atoms with Crippen LogP contribution in [0.3, 0.4) is 0 Å². The SMILES string of the molecule is COc1cc([C@H]2C(=C(O)c3ccc4c(c3)C[C@H](C)O4)C(=O)C(=O)N2CCN(C)C)ccc1OCCC(C)C. The smallest absolute Gasteiger partial charge is 0.295 e. The summed E-state index contributed by atoms with van der Waals surface area (Å²) in [6.07, 6.45) is 1.67. The van der Waals surface area contributed by atoms with Gasteiger partial charge < -0.3 is 29.1 Å². The fourth-order valence-corrected chi connectivity index (χ4v) is 4.87. The number of carbonyl (C=O) groups excluding carboxylic acids is 2. The molecule has 1 fully saturated rings. The number of hydrogen-bond donors (Lipinski definition) is 1. The number of Topliss-reactive ketones (excluding diaryl/α,β-unsaturated/α-hetero) is 1. The van der Waals surface area contributed by atoms with Crippen LogP contribution in [0.2, 0.25) is 0 Å². The van der Waals surface area contributed by atoms with Crippen LogP contribution < -0.4 is 14.2 Å². The zero-order chi connectivity index (χ0) is 27.6. The van der Waals surface area contributed by atoms with Gasteiger partial charge in [0, 0.05) is 25.1 Å². The number of rotatable bonds is 10. The monoisotopic (exact) mass is 522 g/mol. The molecule has 8 heteroatoms. The first kappa shape index (κ1) is 27.5. The third kappa shape index (κ3) is 5.65. The predicted molar refractivity (Wildman–Crippen MR) is 146 cm³/mol. The van der Waals surface area contributed by atoms with Crippen molar-refractivity contribution in [3.63, 3.8) is 0 Å². The Kier molecular flexibility index (Phi) is 8.31. The minimum Gasteiger partial charge on any atom is -0.507 e. The van der Waals surface area contributed by atoms with Crippen molar-refractivity contribution in [3.8, 4) is 17.2 Å².